The Morgan fingerprint density at radius 2 is 1.95 bits per heavy atom. The predicted octanol–water partition coefficient (Wildman–Crippen LogP) is 5.16. The van der Waals surface area contributed by atoms with E-state index in [1.54, 1.807) is 0 Å². The first-order valence-electron chi connectivity index (χ1n) is 8.12. The van der Waals surface area contributed by atoms with Crippen molar-refractivity contribution in [3.8, 4) is 0 Å². The summed E-state index contributed by atoms with van der Waals surface area (Å²) in [6.45, 7) is 4.18. The Labute approximate surface area is 127 Å². The van der Waals surface area contributed by atoms with E-state index in [0.29, 0.717) is 18.1 Å². The Kier molecular flexibility index (Phi) is 5.66. The zero-order valence-corrected chi connectivity index (χ0v) is 13.0. The van der Waals surface area contributed by atoms with Gasteiger partial charge in [0.25, 0.3) is 0 Å². The summed E-state index contributed by atoms with van der Waals surface area (Å²) in [7, 11) is 0. The molecule has 0 spiro atoms. The highest BCUT2D eigenvalue weighted by atomic mass is 16.3. The lowest BCUT2D eigenvalue weighted by Crippen LogP contribution is -2.09. The third-order valence-electron chi connectivity index (χ3n) is 4.77. The lowest BCUT2D eigenvalue weighted by atomic mass is 9.88. The van der Waals surface area contributed by atoms with Gasteiger partial charge >= 0.3 is 0 Å². The van der Waals surface area contributed by atoms with Gasteiger partial charge in [0.15, 0.2) is 0 Å². The summed E-state index contributed by atoms with van der Waals surface area (Å²) in [4.78, 5) is 22.7. The van der Waals surface area contributed by atoms with Crippen LogP contribution in [0.15, 0.2) is 29.4 Å². The van der Waals surface area contributed by atoms with Gasteiger partial charge in [-0.1, -0.05) is 62.6 Å². The Morgan fingerprint density at radius 3 is 2.48 bits per heavy atom. The lowest BCUT2D eigenvalue weighted by molar-refractivity contribution is -0.120. The zero-order chi connectivity index (χ0) is 15.2. The minimum atomic E-state index is -0.228. The van der Waals surface area contributed by atoms with Gasteiger partial charge in [0.1, 0.15) is 11.8 Å². The molecule has 1 aromatic carbocycles. The fraction of sp³-hybridized carbons (Fsp3) is 0.611. The van der Waals surface area contributed by atoms with Gasteiger partial charge in [0.2, 0.25) is 0 Å². The fourth-order valence-electron chi connectivity index (χ4n) is 3.29. The number of carbonyl (C=O) groups is 1. The maximum Gasteiger partial charge on any atom is 0.136 e. The molecule has 0 saturated heterocycles. The van der Waals surface area contributed by atoms with Gasteiger partial charge in [0, 0.05) is 12.3 Å². The van der Waals surface area contributed by atoms with Crippen molar-refractivity contribution in [1.82, 2.24) is 0 Å². The molecule has 0 radical (unpaired) electrons. The molecule has 0 heterocycles. The molecule has 1 fully saturated rings. The van der Waals surface area contributed by atoms with E-state index >= 15 is 0 Å². The topological polar surface area (TPSA) is 46.5 Å². The smallest absolute Gasteiger partial charge is 0.136 e. The van der Waals surface area contributed by atoms with Gasteiger partial charge in [-0.2, -0.15) is 4.91 Å². The van der Waals surface area contributed by atoms with Crippen LogP contribution in [0.5, 0.6) is 0 Å². The minimum absolute atomic E-state index is 0.125. The van der Waals surface area contributed by atoms with E-state index in [1.165, 1.54) is 5.56 Å². The molecule has 3 nitrogen and oxygen atoms in total. The molecular formula is C18H25NO2. The van der Waals surface area contributed by atoms with E-state index in [4.69, 9.17) is 0 Å². The number of hydrogen-bond donors (Lipinski definition) is 0. The average molecular weight is 287 g/mol. The number of benzene rings is 1. The van der Waals surface area contributed by atoms with Crippen LogP contribution in [0.2, 0.25) is 0 Å². The number of nitroso groups, excluding NO2 is 1. The maximum absolute atomic E-state index is 11.7. The van der Waals surface area contributed by atoms with Crippen LogP contribution in [-0.2, 0) is 4.79 Å². The SMILES string of the molecule is CCCCC[C@H](N=O)c1ccc([C@H]2CCC(=O)[C@@H]2C)cc1. The highest BCUT2D eigenvalue weighted by Crippen LogP contribution is 2.37. The van der Waals surface area contributed by atoms with Gasteiger partial charge in [0.05, 0.1) is 0 Å². The number of carbonyl (C=O) groups excluding carboxylic acids is 1. The number of hydrogen-bond acceptors (Lipinski definition) is 3. The van der Waals surface area contributed by atoms with Crippen LogP contribution < -0.4 is 0 Å². The summed E-state index contributed by atoms with van der Waals surface area (Å²) in [5.74, 6) is 0.839. The molecule has 0 amide bonds. The van der Waals surface area contributed by atoms with Crippen molar-refractivity contribution >= 4 is 5.78 Å². The predicted molar refractivity (Wildman–Crippen MR) is 85.3 cm³/mol. The van der Waals surface area contributed by atoms with Crippen molar-refractivity contribution in [3.63, 3.8) is 0 Å². The van der Waals surface area contributed by atoms with Gasteiger partial charge in [-0.3, -0.25) is 4.79 Å². The second-order valence-corrected chi connectivity index (χ2v) is 6.18. The van der Waals surface area contributed by atoms with E-state index in [9.17, 15) is 9.70 Å². The van der Waals surface area contributed by atoms with Crippen LogP contribution in [0.25, 0.3) is 0 Å². The highest BCUT2D eigenvalue weighted by Gasteiger charge is 2.31. The van der Waals surface area contributed by atoms with E-state index < -0.39 is 0 Å². The number of nitrogens with zero attached hydrogens (tertiary/aromatic N) is 1. The van der Waals surface area contributed by atoms with Crippen LogP contribution >= 0.6 is 0 Å². The monoisotopic (exact) mass is 287 g/mol. The molecule has 1 aromatic rings. The quantitative estimate of drug-likeness (QED) is 0.514. The first kappa shape index (κ1) is 15.9. The second kappa shape index (κ2) is 7.48. The molecule has 0 aromatic heterocycles. The number of Topliss-reactive ketones (excluding diaryl/α,β-unsaturated/α-hetero) is 1. The molecule has 1 aliphatic rings. The van der Waals surface area contributed by atoms with Crippen molar-refractivity contribution in [3.05, 3.63) is 40.3 Å². The summed E-state index contributed by atoms with van der Waals surface area (Å²) in [6, 6.07) is 7.96. The molecule has 1 saturated carbocycles. The van der Waals surface area contributed by atoms with E-state index in [1.807, 2.05) is 19.1 Å². The molecule has 2 rings (SSSR count). The van der Waals surface area contributed by atoms with Gasteiger partial charge in [-0.05, 0) is 29.9 Å². The molecular weight excluding hydrogens is 262 g/mol. The van der Waals surface area contributed by atoms with Crippen molar-refractivity contribution < 1.29 is 4.79 Å². The third-order valence-corrected chi connectivity index (χ3v) is 4.77. The summed E-state index contributed by atoms with van der Waals surface area (Å²) in [5.41, 5.74) is 2.22. The molecule has 3 atom stereocenters. The van der Waals surface area contributed by atoms with Gasteiger partial charge in [-0.15, -0.1) is 0 Å². The Morgan fingerprint density at radius 1 is 1.24 bits per heavy atom. The zero-order valence-electron chi connectivity index (χ0n) is 13.0. The van der Waals surface area contributed by atoms with Crippen LogP contribution in [0.3, 0.4) is 0 Å². The first-order chi connectivity index (χ1) is 10.2. The van der Waals surface area contributed by atoms with E-state index in [0.717, 1.165) is 37.7 Å². The Hall–Kier alpha value is -1.51. The molecule has 0 N–H and O–H groups in total. The van der Waals surface area contributed by atoms with Crippen molar-refractivity contribution in [1.29, 1.82) is 0 Å². The molecule has 3 heteroatoms. The normalized spacial score (nSPS) is 23.2. The Balaban J connectivity index is 2.03. The molecule has 0 bridgehead atoms. The van der Waals surface area contributed by atoms with Crippen LogP contribution in [0.1, 0.15) is 75.5 Å². The van der Waals surface area contributed by atoms with Crippen LogP contribution in [0.4, 0.5) is 0 Å². The molecule has 21 heavy (non-hydrogen) atoms. The first-order valence-corrected chi connectivity index (χ1v) is 8.12. The largest absolute Gasteiger partial charge is 0.299 e. The van der Waals surface area contributed by atoms with Crippen molar-refractivity contribution in [2.75, 3.05) is 0 Å². The summed E-state index contributed by atoms with van der Waals surface area (Å²) >= 11 is 0. The fourth-order valence-corrected chi connectivity index (χ4v) is 3.29. The molecule has 114 valence electrons. The maximum atomic E-state index is 11.7. The second-order valence-electron chi connectivity index (χ2n) is 6.18. The number of rotatable bonds is 7. The van der Waals surface area contributed by atoms with Crippen molar-refractivity contribution in [2.24, 2.45) is 11.1 Å². The van der Waals surface area contributed by atoms with Crippen LogP contribution in [0, 0.1) is 10.8 Å². The number of ketones is 1. The average Bonchev–Trinajstić information content (AvgIpc) is 2.84. The van der Waals surface area contributed by atoms with Crippen molar-refractivity contribution in [2.45, 2.75) is 64.3 Å². The number of unbranched alkanes of at least 4 members (excludes halogenated alkanes) is 2. The van der Waals surface area contributed by atoms with Gasteiger partial charge in [-0.25, -0.2) is 0 Å². The molecule has 1 aliphatic carbocycles. The summed E-state index contributed by atoms with van der Waals surface area (Å²) in [6.07, 6.45) is 5.82. The molecule has 0 unspecified atom stereocenters. The lowest BCUT2D eigenvalue weighted by Gasteiger charge is -2.16. The Bertz CT molecular complexity index is 480. The summed E-state index contributed by atoms with van der Waals surface area (Å²) < 4.78 is 0. The highest BCUT2D eigenvalue weighted by molar-refractivity contribution is 5.84. The van der Waals surface area contributed by atoms with E-state index in [2.05, 4.69) is 24.2 Å². The molecule has 0 aliphatic heterocycles. The van der Waals surface area contributed by atoms with Crippen LogP contribution in [-0.4, -0.2) is 5.78 Å². The minimum Gasteiger partial charge on any atom is -0.299 e. The summed E-state index contributed by atoms with van der Waals surface area (Å²) in [5, 5.41) is 3.28. The standard InChI is InChI=1S/C18H25NO2/c1-3-4-5-6-17(19-21)15-9-7-14(8-10-15)16-11-12-18(20)13(16)2/h7-10,13,16-17H,3-6,11-12H2,1-2H3/t13-,16+,17+/m1/s1. The van der Waals surface area contributed by atoms with Gasteiger partial charge < -0.3 is 0 Å². The van der Waals surface area contributed by atoms with E-state index in [-0.39, 0.29) is 12.0 Å². The third kappa shape index (κ3) is 3.78.